The number of hydrogen-bond donors (Lipinski definition) is 1. The number of nitrogens with one attached hydrogen (secondary N) is 1. The summed E-state index contributed by atoms with van der Waals surface area (Å²) in [7, 11) is 0. The Labute approximate surface area is 204 Å². The second-order valence-corrected chi connectivity index (χ2v) is 10.9. The predicted octanol–water partition coefficient (Wildman–Crippen LogP) is 6.39. The Morgan fingerprint density at radius 3 is 2.18 bits per heavy atom. The second kappa shape index (κ2) is 9.83. The van der Waals surface area contributed by atoms with Gasteiger partial charge < -0.3 is 9.88 Å². The quantitative estimate of drug-likeness (QED) is 0.462. The van der Waals surface area contributed by atoms with Gasteiger partial charge in [0.05, 0.1) is 11.0 Å². The lowest BCUT2D eigenvalue weighted by Gasteiger charge is -2.48. The van der Waals surface area contributed by atoms with Crippen molar-refractivity contribution in [2.24, 2.45) is 0 Å². The Bertz CT molecular complexity index is 1070. The van der Waals surface area contributed by atoms with E-state index in [1.165, 1.54) is 94.2 Å². The van der Waals surface area contributed by atoms with Gasteiger partial charge >= 0.3 is 0 Å². The first-order valence-electron chi connectivity index (χ1n) is 13.8. The van der Waals surface area contributed by atoms with Gasteiger partial charge in [0.15, 0.2) is 0 Å². The van der Waals surface area contributed by atoms with Crippen LogP contribution in [0.1, 0.15) is 87.6 Å². The maximum Gasteiger partial charge on any atom is 0.113 e. The lowest BCUT2D eigenvalue weighted by atomic mass is 9.79. The molecule has 4 heteroatoms. The predicted molar refractivity (Wildman–Crippen MR) is 140 cm³/mol. The number of nitrogens with zero attached hydrogens (tertiary/aromatic N) is 3. The number of aromatic nitrogens is 2. The van der Waals surface area contributed by atoms with Crippen LogP contribution in [0.5, 0.6) is 0 Å². The summed E-state index contributed by atoms with van der Waals surface area (Å²) in [6, 6.07) is 20.9. The van der Waals surface area contributed by atoms with E-state index in [2.05, 4.69) is 69.4 Å². The van der Waals surface area contributed by atoms with Gasteiger partial charge in [-0.3, -0.25) is 4.90 Å². The zero-order valence-electron chi connectivity index (χ0n) is 20.6. The highest BCUT2D eigenvalue weighted by atomic mass is 15.2. The molecular weight excluding hydrogens is 416 g/mol. The van der Waals surface area contributed by atoms with Crippen LogP contribution in [-0.4, -0.2) is 40.6 Å². The van der Waals surface area contributed by atoms with E-state index in [-0.39, 0.29) is 5.54 Å². The zero-order valence-corrected chi connectivity index (χ0v) is 20.6. The summed E-state index contributed by atoms with van der Waals surface area (Å²) < 4.78 is 2.67. The van der Waals surface area contributed by atoms with Gasteiger partial charge in [0, 0.05) is 30.6 Å². The molecule has 0 atom stereocenters. The van der Waals surface area contributed by atoms with E-state index in [0.717, 1.165) is 13.1 Å². The highest BCUT2D eigenvalue weighted by Gasteiger charge is 2.41. The van der Waals surface area contributed by atoms with Gasteiger partial charge in [-0.2, -0.15) is 0 Å². The molecule has 1 aliphatic carbocycles. The number of imidazole rings is 1. The summed E-state index contributed by atoms with van der Waals surface area (Å²) in [4.78, 5) is 8.10. The minimum atomic E-state index is 0.234. The smallest absolute Gasteiger partial charge is 0.113 e. The third-order valence-electron chi connectivity index (χ3n) is 9.00. The first-order valence-corrected chi connectivity index (χ1v) is 13.8. The van der Waals surface area contributed by atoms with Crippen molar-refractivity contribution < 1.29 is 0 Å². The molecule has 0 radical (unpaired) electrons. The number of rotatable bonds is 4. The summed E-state index contributed by atoms with van der Waals surface area (Å²) in [5.41, 5.74) is 4.32. The van der Waals surface area contributed by atoms with Gasteiger partial charge in [-0.1, -0.05) is 68.1 Å². The summed E-state index contributed by atoms with van der Waals surface area (Å²) >= 11 is 0. The molecule has 34 heavy (non-hydrogen) atoms. The van der Waals surface area contributed by atoms with Crippen molar-refractivity contribution in [1.82, 2.24) is 19.8 Å². The third kappa shape index (κ3) is 4.09. The fraction of sp³-hybridized carbons (Fsp3) is 0.567. The molecule has 0 unspecified atom stereocenters. The average Bonchev–Trinajstić information content (AvgIpc) is 3.12. The van der Waals surface area contributed by atoms with Crippen LogP contribution in [0.15, 0.2) is 54.6 Å². The highest BCUT2D eigenvalue weighted by Crippen LogP contribution is 2.44. The Kier molecular flexibility index (Phi) is 6.45. The molecule has 2 aromatic carbocycles. The molecule has 3 fully saturated rings. The Hall–Kier alpha value is -2.17. The molecule has 3 aromatic rings. The molecule has 6 rings (SSSR count). The van der Waals surface area contributed by atoms with E-state index >= 15 is 0 Å². The summed E-state index contributed by atoms with van der Waals surface area (Å²) in [5, 5.41) is 3.54. The zero-order chi connectivity index (χ0) is 22.8. The van der Waals surface area contributed by atoms with E-state index in [0.29, 0.717) is 12.0 Å². The number of benzene rings is 2. The van der Waals surface area contributed by atoms with Gasteiger partial charge in [0.25, 0.3) is 0 Å². The minimum Gasteiger partial charge on any atom is -0.325 e. The third-order valence-corrected chi connectivity index (χ3v) is 9.00. The van der Waals surface area contributed by atoms with Crippen LogP contribution in [0.25, 0.3) is 11.0 Å². The van der Waals surface area contributed by atoms with Crippen LogP contribution in [0, 0.1) is 0 Å². The lowest BCUT2D eigenvalue weighted by Crippen LogP contribution is -2.50. The Morgan fingerprint density at radius 2 is 1.44 bits per heavy atom. The van der Waals surface area contributed by atoms with Crippen molar-refractivity contribution >= 4 is 11.0 Å². The van der Waals surface area contributed by atoms with Gasteiger partial charge in [0.1, 0.15) is 5.82 Å². The van der Waals surface area contributed by atoms with Crippen LogP contribution >= 0.6 is 0 Å². The number of fused-ring (bicyclic) bond motifs is 1. The van der Waals surface area contributed by atoms with Gasteiger partial charge in [-0.25, -0.2) is 4.98 Å². The largest absolute Gasteiger partial charge is 0.325 e. The van der Waals surface area contributed by atoms with Crippen LogP contribution in [0.2, 0.25) is 0 Å². The van der Waals surface area contributed by atoms with E-state index in [4.69, 9.17) is 4.98 Å². The van der Waals surface area contributed by atoms with Gasteiger partial charge in [-0.05, 0) is 69.3 Å². The SMILES string of the molecule is c1ccc(C2(N3CCC(n4c(C5CCNCC5)nc5ccccc54)CC3)CCCCCC2)cc1. The Balaban J connectivity index is 1.29. The van der Waals surface area contributed by atoms with Crippen LogP contribution in [0.4, 0.5) is 0 Å². The van der Waals surface area contributed by atoms with E-state index in [9.17, 15) is 0 Å². The van der Waals surface area contributed by atoms with Crippen molar-refractivity contribution in [3.05, 3.63) is 66.0 Å². The van der Waals surface area contributed by atoms with Gasteiger partial charge in [0.2, 0.25) is 0 Å². The Morgan fingerprint density at radius 1 is 0.765 bits per heavy atom. The number of piperidine rings is 2. The number of hydrogen-bond acceptors (Lipinski definition) is 3. The van der Waals surface area contributed by atoms with Crippen molar-refractivity contribution in [1.29, 1.82) is 0 Å². The molecule has 1 aromatic heterocycles. The number of likely N-dealkylation sites (tertiary alicyclic amines) is 1. The summed E-state index contributed by atoms with van der Waals surface area (Å²) in [5.74, 6) is 1.94. The summed E-state index contributed by atoms with van der Waals surface area (Å²) in [6.07, 6.45) is 13.0. The molecule has 0 spiro atoms. The maximum absolute atomic E-state index is 5.22. The molecule has 2 saturated heterocycles. The first-order chi connectivity index (χ1) is 16.9. The molecule has 1 N–H and O–H groups in total. The van der Waals surface area contributed by atoms with E-state index < -0.39 is 0 Å². The molecule has 2 aliphatic heterocycles. The van der Waals surface area contributed by atoms with Crippen LogP contribution in [-0.2, 0) is 5.54 Å². The highest BCUT2D eigenvalue weighted by molar-refractivity contribution is 5.76. The molecule has 180 valence electrons. The van der Waals surface area contributed by atoms with Crippen molar-refractivity contribution in [3.8, 4) is 0 Å². The summed E-state index contributed by atoms with van der Waals surface area (Å²) in [6.45, 7) is 4.62. The number of para-hydroxylation sites is 2. The minimum absolute atomic E-state index is 0.234. The van der Waals surface area contributed by atoms with E-state index in [1.807, 2.05) is 0 Å². The molecule has 3 aliphatic rings. The molecule has 0 amide bonds. The van der Waals surface area contributed by atoms with Gasteiger partial charge in [-0.15, -0.1) is 0 Å². The maximum atomic E-state index is 5.22. The normalized spacial score (nSPS) is 23.2. The van der Waals surface area contributed by atoms with Crippen LogP contribution < -0.4 is 5.32 Å². The lowest BCUT2D eigenvalue weighted by molar-refractivity contribution is 0.0354. The van der Waals surface area contributed by atoms with Crippen molar-refractivity contribution in [2.75, 3.05) is 26.2 Å². The molecule has 1 saturated carbocycles. The second-order valence-electron chi connectivity index (χ2n) is 10.9. The standard InChI is InChI=1S/C30H40N4/c1-2-9-19-30(18-8-1,25-10-4-3-5-11-25)33-22-16-26(17-23-33)34-28-13-7-6-12-27(28)32-29(34)24-14-20-31-21-15-24/h3-7,10-13,24,26,31H,1-2,8-9,14-23H2. The van der Waals surface area contributed by atoms with Crippen molar-refractivity contribution in [3.63, 3.8) is 0 Å². The monoisotopic (exact) mass is 456 g/mol. The topological polar surface area (TPSA) is 33.1 Å². The van der Waals surface area contributed by atoms with E-state index in [1.54, 1.807) is 5.56 Å². The van der Waals surface area contributed by atoms with Crippen LogP contribution in [0.3, 0.4) is 0 Å². The first kappa shape index (κ1) is 22.3. The fourth-order valence-corrected chi connectivity index (χ4v) is 7.22. The molecule has 0 bridgehead atoms. The molecular formula is C30H40N4. The van der Waals surface area contributed by atoms with Crippen molar-refractivity contribution in [2.45, 2.75) is 81.7 Å². The molecule has 4 nitrogen and oxygen atoms in total. The molecule has 3 heterocycles. The average molecular weight is 457 g/mol. The fourth-order valence-electron chi connectivity index (χ4n) is 7.22.